The third kappa shape index (κ3) is 4.11. The number of hydrogen-bond donors (Lipinski definition) is 0. The van der Waals surface area contributed by atoms with Gasteiger partial charge >= 0.3 is 6.03 Å². The van der Waals surface area contributed by atoms with E-state index in [1.807, 2.05) is 42.3 Å². The molecule has 0 bridgehead atoms. The highest BCUT2D eigenvalue weighted by Gasteiger charge is 2.30. The molecule has 1 aromatic carbocycles. The van der Waals surface area contributed by atoms with Crippen LogP contribution in [0.5, 0.6) is 0 Å². The summed E-state index contributed by atoms with van der Waals surface area (Å²) < 4.78 is 0. The zero-order valence-electron chi connectivity index (χ0n) is 13.2. The van der Waals surface area contributed by atoms with Crippen molar-refractivity contribution in [2.75, 3.05) is 38.1 Å². The molecule has 0 radical (unpaired) electrons. The number of likely N-dealkylation sites (tertiary alicyclic amines) is 1. The summed E-state index contributed by atoms with van der Waals surface area (Å²) in [5.74, 6) is 0. The topological polar surface area (TPSA) is 26.8 Å². The lowest BCUT2D eigenvalue weighted by atomic mass is 10.2. The van der Waals surface area contributed by atoms with Crippen molar-refractivity contribution in [3.05, 3.63) is 30.3 Å². The van der Waals surface area contributed by atoms with E-state index in [2.05, 4.69) is 18.7 Å². The van der Waals surface area contributed by atoms with Crippen LogP contribution in [0, 0.1) is 0 Å². The number of rotatable bonds is 4. The van der Waals surface area contributed by atoms with Crippen molar-refractivity contribution in [2.24, 2.45) is 0 Å². The van der Waals surface area contributed by atoms with Crippen LogP contribution in [-0.2, 0) is 0 Å². The SMILES string of the molecule is CCN(CC)C1CCN(C(=O)N(C)c2ccccc2)C1.Cl. The molecule has 1 atom stereocenters. The monoisotopic (exact) mass is 311 g/mol. The molecule has 118 valence electrons. The number of anilines is 1. The van der Waals surface area contributed by atoms with E-state index in [4.69, 9.17) is 0 Å². The van der Waals surface area contributed by atoms with Crippen LogP contribution >= 0.6 is 12.4 Å². The predicted molar refractivity (Wildman–Crippen MR) is 90.4 cm³/mol. The van der Waals surface area contributed by atoms with Gasteiger partial charge < -0.3 is 4.90 Å². The minimum atomic E-state index is 0. The second-order valence-electron chi connectivity index (χ2n) is 5.29. The molecule has 2 rings (SSSR count). The number of nitrogens with zero attached hydrogens (tertiary/aromatic N) is 3. The van der Waals surface area contributed by atoms with Gasteiger partial charge in [-0.25, -0.2) is 4.79 Å². The lowest BCUT2D eigenvalue weighted by Gasteiger charge is -2.28. The van der Waals surface area contributed by atoms with Gasteiger partial charge in [-0.15, -0.1) is 12.4 Å². The summed E-state index contributed by atoms with van der Waals surface area (Å²) in [4.78, 5) is 18.7. The Hall–Kier alpha value is -1.26. The summed E-state index contributed by atoms with van der Waals surface area (Å²) in [7, 11) is 1.85. The Morgan fingerprint density at radius 1 is 1.24 bits per heavy atom. The van der Waals surface area contributed by atoms with Crippen LogP contribution < -0.4 is 4.90 Å². The normalized spacial score (nSPS) is 17.7. The number of carbonyl (C=O) groups excluding carboxylic acids is 1. The van der Waals surface area contributed by atoms with Gasteiger partial charge in [0.05, 0.1) is 0 Å². The molecule has 1 aromatic rings. The molecule has 1 saturated heterocycles. The van der Waals surface area contributed by atoms with Crippen molar-refractivity contribution in [1.82, 2.24) is 9.80 Å². The van der Waals surface area contributed by atoms with Crippen LogP contribution in [-0.4, -0.2) is 55.1 Å². The Balaban J connectivity index is 0.00000220. The largest absolute Gasteiger partial charge is 0.324 e. The maximum Gasteiger partial charge on any atom is 0.324 e. The van der Waals surface area contributed by atoms with E-state index in [-0.39, 0.29) is 18.4 Å². The average Bonchev–Trinajstić information content (AvgIpc) is 2.97. The van der Waals surface area contributed by atoms with E-state index in [1.54, 1.807) is 4.90 Å². The molecule has 0 saturated carbocycles. The van der Waals surface area contributed by atoms with Crippen molar-refractivity contribution in [3.63, 3.8) is 0 Å². The molecule has 1 unspecified atom stereocenters. The minimum absolute atomic E-state index is 0. The van der Waals surface area contributed by atoms with Crippen LogP contribution in [0.2, 0.25) is 0 Å². The first-order valence-electron chi connectivity index (χ1n) is 7.49. The van der Waals surface area contributed by atoms with E-state index in [9.17, 15) is 4.79 Å². The number of urea groups is 1. The molecule has 2 amide bonds. The molecule has 1 fully saturated rings. The highest BCUT2D eigenvalue weighted by atomic mass is 35.5. The third-order valence-electron chi connectivity index (χ3n) is 4.19. The van der Waals surface area contributed by atoms with Crippen LogP contribution in [0.25, 0.3) is 0 Å². The fourth-order valence-electron chi connectivity index (χ4n) is 2.93. The van der Waals surface area contributed by atoms with Crippen LogP contribution in [0.15, 0.2) is 30.3 Å². The van der Waals surface area contributed by atoms with Gasteiger partial charge in [-0.05, 0) is 31.6 Å². The molecule has 5 heteroatoms. The summed E-state index contributed by atoms with van der Waals surface area (Å²) in [6.07, 6.45) is 1.08. The van der Waals surface area contributed by atoms with Gasteiger partial charge in [-0.2, -0.15) is 0 Å². The van der Waals surface area contributed by atoms with Gasteiger partial charge in [-0.3, -0.25) is 9.80 Å². The average molecular weight is 312 g/mol. The molecule has 0 aliphatic carbocycles. The van der Waals surface area contributed by atoms with Crippen molar-refractivity contribution in [1.29, 1.82) is 0 Å². The Morgan fingerprint density at radius 3 is 2.43 bits per heavy atom. The van der Waals surface area contributed by atoms with E-state index >= 15 is 0 Å². The van der Waals surface area contributed by atoms with Gasteiger partial charge in [0.2, 0.25) is 0 Å². The second-order valence-corrected chi connectivity index (χ2v) is 5.29. The van der Waals surface area contributed by atoms with Gasteiger partial charge in [0.25, 0.3) is 0 Å². The van der Waals surface area contributed by atoms with E-state index in [1.165, 1.54) is 0 Å². The van der Waals surface area contributed by atoms with Crippen LogP contribution in [0.1, 0.15) is 20.3 Å². The maximum absolute atomic E-state index is 12.5. The number of benzene rings is 1. The molecule has 1 aliphatic rings. The summed E-state index contributed by atoms with van der Waals surface area (Å²) in [6.45, 7) is 8.18. The zero-order valence-corrected chi connectivity index (χ0v) is 14.0. The van der Waals surface area contributed by atoms with E-state index in [0.29, 0.717) is 6.04 Å². The van der Waals surface area contributed by atoms with Gasteiger partial charge in [-0.1, -0.05) is 32.0 Å². The predicted octanol–water partition coefficient (Wildman–Crippen LogP) is 3.08. The fraction of sp³-hybridized carbons (Fsp3) is 0.562. The van der Waals surface area contributed by atoms with Gasteiger partial charge in [0.1, 0.15) is 0 Å². The standard InChI is InChI=1S/C16H25N3O.ClH/c1-4-18(5-2)15-11-12-19(13-15)16(20)17(3)14-9-7-6-8-10-14;/h6-10,15H,4-5,11-13H2,1-3H3;1H. The molecule has 0 spiro atoms. The van der Waals surface area contributed by atoms with Crippen molar-refractivity contribution in [3.8, 4) is 0 Å². The number of hydrogen-bond acceptors (Lipinski definition) is 2. The second kappa shape index (κ2) is 8.25. The first kappa shape index (κ1) is 17.8. The highest BCUT2D eigenvalue weighted by molar-refractivity contribution is 5.91. The molecular weight excluding hydrogens is 286 g/mol. The molecule has 1 heterocycles. The minimum Gasteiger partial charge on any atom is -0.323 e. The Labute approximate surface area is 134 Å². The molecule has 21 heavy (non-hydrogen) atoms. The lowest BCUT2D eigenvalue weighted by Crippen LogP contribution is -2.43. The first-order valence-corrected chi connectivity index (χ1v) is 7.49. The van der Waals surface area contributed by atoms with Crippen molar-refractivity contribution >= 4 is 24.1 Å². The molecule has 1 aliphatic heterocycles. The molecule has 4 nitrogen and oxygen atoms in total. The number of para-hydroxylation sites is 1. The Bertz CT molecular complexity index is 436. The van der Waals surface area contributed by atoms with Gasteiger partial charge in [0.15, 0.2) is 0 Å². The van der Waals surface area contributed by atoms with Crippen molar-refractivity contribution in [2.45, 2.75) is 26.3 Å². The third-order valence-corrected chi connectivity index (χ3v) is 4.19. The van der Waals surface area contributed by atoms with Crippen LogP contribution in [0.4, 0.5) is 10.5 Å². The number of halogens is 1. The summed E-state index contributed by atoms with van der Waals surface area (Å²) in [5, 5.41) is 0. The van der Waals surface area contributed by atoms with Gasteiger partial charge in [0, 0.05) is 31.9 Å². The quantitative estimate of drug-likeness (QED) is 0.854. The van der Waals surface area contributed by atoms with E-state index < -0.39 is 0 Å². The highest BCUT2D eigenvalue weighted by Crippen LogP contribution is 2.19. The number of likely N-dealkylation sites (N-methyl/N-ethyl adjacent to an activating group) is 1. The Kier molecular flexibility index (Phi) is 6.99. The number of carbonyl (C=O) groups is 1. The zero-order chi connectivity index (χ0) is 14.5. The van der Waals surface area contributed by atoms with Crippen molar-refractivity contribution < 1.29 is 4.79 Å². The summed E-state index contributed by atoms with van der Waals surface area (Å²) >= 11 is 0. The Morgan fingerprint density at radius 2 is 1.86 bits per heavy atom. The maximum atomic E-state index is 12.5. The fourth-order valence-corrected chi connectivity index (χ4v) is 2.93. The van der Waals surface area contributed by atoms with Crippen LogP contribution in [0.3, 0.4) is 0 Å². The first-order chi connectivity index (χ1) is 9.67. The lowest BCUT2D eigenvalue weighted by molar-refractivity contribution is 0.198. The summed E-state index contributed by atoms with van der Waals surface area (Å²) in [5.41, 5.74) is 0.948. The van der Waals surface area contributed by atoms with E-state index in [0.717, 1.165) is 38.3 Å². The molecule has 0 N–H and O–H groups in total. The summed E-state index contributed by atoms with van der Waals surface area (Å²) in [6, 6.07) is 10.4. The molecule has 0 aromatic heterocycles. The number of amides is 2. The molecular formula is C16H26ClN3O. The smallest absolute Gasteiger partial charge is 0.323 e.